The molecule has 0 fully saturated rings. The Bertz CT molecular complexity index is 763. The molecule has 0 aliphatic carbocycles. The molecule has 0 aromatic carbocycles. The van der Waals surface area contributed by atoms with Crippen LogP contribution in [-0.4, -0.2) is 170 Å². The molecule has 0 aliphatic heterocycles. The van der Waals surface area contributed by atoms with Gasteiger partial charge in [0, 0.05) is 112 Å². The number of aliphatic hydroxyl groups excluding tert-OH is 1. The van der Waals surface area contributed by atoms with Crippen molar-refractivity contribution in [2.24, 2.45) is 0 Å². The third-order valence-corrected chi connectivity index (χ3v) is 8.24. The summed E-state index contributed by atoms with van der Waals surface area (Å²) in [5.41, 5.74) is 0. The third kappa shape index (κ3) is 52.7. The Hall–Kier alpha value is -1.27. The van der Waals surface area contributed by atoms with Gasteiger partial charge in [-0.1, -0.05) is 6.58 Å². The SMILES string of the molecule is C=CC(=O)OCCOCCOCCOCCOCCCCOCCCCOCCCCOCCCCOCCCCOCCCCOCCCCOCCCCO. The average molecular weight is 825 g/mol. The van der Waals surface area contributed by atoms with E-state index in [0.717, 1.165) is 201 Å². The summed E-state index contributed by atoms with van der Waals surface area (Å²) in [5.74, 6) is -0.450. The maximum atomic E-state index is 10.9. The van der Waals surface area contributed by atoms with Crippen molar-refractivity contribution in [1.82, 2.24) is 0 Å². The maximum absolute atomic E-state index is 10.9. The number of aliphatic hydroxyl groups is 1. The molecule has 0 saturated heterocycles. The lowest BCUT2D eigenvalue weighted by molar-refractivity contribution is -0.139. The standard InChI is InChI=1S/C43H84O14/c1-2-43(45)57-42-41-56-40-39-55-38-37-54-36-35-53-34-18-17-33-52-32-16-15-31-51-30-14-13-29-50-28-12-11-27-49-26-10-9-25-48-24-8-7-23-47-22-6-5-21-46-20-4-3-19-44/h2,44H,1,3-42H2. The van der Waals surface area contributed by atoms with Gasteiger partial charge in [-0.25, -0.2) is 4.79 Å². The highest BCUT2D eigenvalue weighted by atomic mass is 16.6. The van der Waals surface area contributed by atoms with E-state index in [9.17, 15) is 4.79 Å². The lowest BCUT2D eigenvalue weighted by atomic mass is 10.3. The van der Waals surface area contributed by atoms with E-state index in [4.69, 9.17) is 61.9 Å². The molecule has 0 atom stereocenters. The summed E-state index contributed by atoms with van der Waals surface area (Å²) >= 11 is 0. The minimum Gasteiger partial charge on any atom is -0.460 e. The zero-order valence-corrected chi connectivity index (χ0v) is 35.8. The summed E-state index contributed by atoms with van der Waals surface area (Å²) < 4.78 is 66.4. The second-order valence-electron chi connectivity index (χ2n) is 13.5. The van der Waals surface area contributed by atoms with E-state index in [2.05, 4.69) is 6.58 Å². The molecule has 0 unspecified atom stereocenters. The van der Waals surface area contributed by atoms with Crippen molar-refractivity contribution in [3.8, 4) is 0 Å². The van der Waals surface area contributed by atoms with Crippen LogP contribution in [0.25, 0.3) is 0 Å². The second kappa shape index (κ2) is 52.7. The van der Waals surface area contributed by atoms with Gasteiger partial charge in [-0.15, -0.1) is 0 Å². The van der Waals surface area contributed by atoms with Gasteiger partial charge >= 0.3 is 5.97 Å². The van der Waals surface area contributed by atoms with Crippen LogP contribution in [0.1, 0.15) is 103 Å². The number of ether oxygens (including phenoxy) is 12. The Labute approximate surface area is 346 Å². The molecule has 1 N–H and O–H groups in total. The largest absolute Gasteiger partial charge is 0.460 e. The molecular weight excluding hydrogens is 740 g/mol. The van der Waals surface area contributed by atoms with Gasteiger partial charge in [0.25, 0.3) is 0 Å². The summed E-state index contributed by atoms with van der Waals surface area (Å²) in [6.45, 7) is 18.9. The molecule has 0 bridgehead atoms. The van der Waals surface area contributed by atoms with Crippen LogP contribution in [0.3, 0.4) is 0 Å². The molecule has 0 heterocycles. The van der Waals surface area contributed by atoms with E-state index in [1.54, 1.807) is 0 Å². The van der Waals surface area contributed by atoms with Gasteiger partial charge in [-0.2, -0.15) is 0 Å². The van der Waals surface area contributed by atoms with E-state index >= 15 is 0 Å². The Kier molecular flexibility index (Phi) is 51.6. The molecule has 340 valence electrons. The highest BCUT2D eigenvalue weighted by molar-refractivity contribution is 5.81. The minimum absolute atomic E-state index is 0.209. The molecule has 0 rings (SSSR count). The van der Waals surface area contributed by atoms with Crippen molar-refractivity contribution >= 4 is 5.97 Å². The molecule has 0 aromatic rings. The number of hydrogen-bond donors (Lipinski definition) is 1. The van der Waals surface area contributed by atoms with Crippen molar-refractivity contribution < 1.29 is 66.7 Å². The average Bonchev–Trinajstić information content (AvgIpc) is 3.22. The molecule has 0 spiro atoms. The smallest absolute Gasteiger partial charge is 0.330 e. The fraction of sp³-hybridized carbons (Fsp3) is 0.930. The summed E-state index contributed by atoms with van der Waals surface area (Å²) in [6.07, 6.45) is 17.2. The summed E-state index contributed by atoms with van der Waals surface area (Å²) in [4.78, 5) is 10.9. The van der Waals surface area contributed by atoms with Gasteiger partial charge < -0.3 is 61.9 Å². The Balaban J connectivity index is 3.06. The van der Waals surface area contributed by atoms with Crippen LogP contribution in [0.2, 0.25) is 0 Å². The lowest BCUT2D eigenvalue weighted by Crippen LogP contribution is -2.14. The summed E-state index contributed by atoms with van der Waals surface area (Å²) in [7, 11) is 0. The lowest BCUT2D eigenvalue weighted by Gasteiger charge is -2.08. The maximum Gasteiger partial charge on any atom is 0.330 e. The van der Waals surface area contributed by atoms with Gasteiger partial charge in [0.15, 0.2) is 0 Å². The Morgan fingerprint density at radius 3 is 0.684 bits per heavy atom. The molecule has 57 heavy (non-hydrogen) atoms. The number of unbranched alkanes of at least 4 members (excludes halogenated alkanes) is 8. The van der Waals surface area contributed by atoms with Gasteiger partial charge in [0.05, 0.1) is 46.2 Å². The van der Waals surface area contributed by atoms with Crippen LogP contribution < -0.4 is 0 Å². The molecule has 14 nitrogen and oxygen atoms in total. The fourth-order valence-corrected chi connectivity index (χ4v) is 4.91. The molecule has 14 heteroatoms. The van der Waals surface area contributed by atoms with Crippen molar-refractivity contribution in [1.29, 1.82) is 0 Å². The van der Waals surface area contributed by atoms with Crippen molar-refractivity contribution in [3.05, 3.63) is 12.7 Å². The zero-order valence-electron chi connectivity index (χ0n) is 35.8. The van der Waals surface area contributed by atoms with E-state index < -0.39 is 5.97 Å². The van der Waals surface area contributed by atoms with Crippen LogP contribution in [-0.2, 0) is 61.6 Å². The molecule has 0 aliphatic rings. The number of carbonyl (C=O) groups is 1. The van der Waals surface area contributed by atoms with Crippen LogP contribution in [0, 0.1) is 0 Å². The first-order chi connectivity index (χ1) is 28.3. The number of esters is 1. The normalized spacial score (nSPS) is 11.5. The quantitative estimate of drug-likeness (QED) is 0.0426. The van der Waals surface area contributed by atoms with Gasteiger partial charge in [0.2, 0.25) is 0 Å². The number of rotatable bonds is 52. The van der Waals surface area contributed by atoms with Gasteiger partial charge in [-0.05, 0) is 103 Å². The highest BCUT2D eigenvalue weighted by Gasteiger charge is 1.99. The van der Waals surface area contributed by atoms with E-state index in [0.29, 0.717) is 52.9 Å². The summed E-state index contributed by atoms with van der Waals surface area (Å²) in [5, 5.41) is 8.73. The predicted molar refractivity (Wildman–Crippen MR) is 221 cm³/mol. The molecule has 0 radical (unpaired) electrons. The molecule has 0 aromatic heterocycles. The number of hydrogen-bond acceptors (Lipinski definition) is 14. The van der Waals surface area contributed by atoms with E-state index in [-0.39, 0.29) is 13.2 Å². The number of carbonyl (C=O) groups excluding carboxylic acids is 1. The first-order valence-electron chi connectivity index (χ1n) is 22.1. The Morgan fingerprint density at radius 1 is 0.298 bits per heavy atom. The fourth-order valence-electron chi connectivity index (χ4n) is 4.91. The van der Waals surface area contributed by atoms with Crippen LogP contribution in [0.15, 0.2) is 12.7 Å². The van der Waals surface area contributed by atoms with E-state index in [1.807, 2.05) is 0 Å². The van der Waals surface area contributed by atoms with Crippen LogP contribution in [0.4, 0.5) is 0 Å². The molecular formula is C43H84O14. The highest BCUT2D eigenvalue weighted by Crippen LogP contribution is 2.01. The van der Waals surface area contributed by atoms with Crippen molar-refractivity contribution in [3.63, 3.8) is 0 Å². The first kappa shape index (κ1) is 55.7. The molecule has 0 amide bonds. The topological polar surface area (TPSA) is 148 Å². The first-order valence-corrected chi connectivity index (χ1v) is 22.1. The second-order valence-corrected chi connectivity index (χ2v) is 13.5. The monoisotopic (exact) mass is 825 g/mol. The third-order valence-electron chi connectivity index (χ3n) is 8.24. The predicted octanol–water partition coefficient (Wildman–Crippen LogP) is 6.13. The Morgan fingerprint density at radius 2 is 0.474 bits per heavy atom. The zero-order chi connectivity index (χ0) is 41.1. The van der Waals surface area contributed by atoms with Gasteiger partial charge in [0.1, 0.15) is 6.61 Å². The van der Waals surface area contributed by atoms with Crippen molar-refractivity contribution in [2.45, 2.75) is 103 Å². The van der Waals surface area contributed by atoms with Crippen molar-refractivity contribution in [2.75, 3.05) is 159 Å². The minimum atomic E-state index is -0.450. The van der Waals surface area contributed by atoms with Crippen LogP contribution in [0.5, 0.6) is 0 Å². The van der Waals surface area contributed by atoms with E-state index in [1.165, 1.54) is 0 Å². The van der Waals surface area contributed by atoms with Gasteiger partial charge in [-0.3, -0.25) is 0 Å². The van der Waals surface area contributed by atoms with Crippen LogP contribution >= 0.6 is 0 Å². The molecule has 0 saturated carbocycles. The summed E-state index contributed by atoms with van der Waals surface area (Å²) in [6, 6.07) is 0.